The average Bonchev–Trinajstić information content (AvgIpc) is 2.99. The summed E-state index contributed by atoms with van der Waals surface area (Å²) in [6.45, 7) is 1.10. The molecule has 9 heteroatoms. The summed E-state index contributed by atoms with van der Waals surface area (Å²) in [5.74, 6) is 0.121. The van der Waals surface area contributed by atoms with Gasteiger partial charge in [0, 0.05) is 12.2 Å². The van der Waals surface area contributed by atoms with Crippen molar-refractivity contribution in [1.82, 2.24) is 10.2 Å². The number of nitrogens with one attached hydrogen (secondary N) is 1. The highest BCUT2D eigenvalue weighted by atomic mass is 16.5. The minimum atomic E-state index is -1.04. The maximum Gasteiger partial charge on any atom is 0.305 e. The van der Waals surface area contributed by atoms with E-state index >= 15 is 0 Å². The van der Waals surface area contributed by atoms with Crippen LogP contribution in [0, 0.1) is 0 Å². The molecular weight excluding hydrogens is 378 g/mol. The van der Waals surface area contributed by atoms with Crippen LogP contribution in [0.15, 0.2) is 17.1 Å². The normalized spacial score (nSPS) is 17.3. The lowest BCUT2D eigenvalue weighted by Crippen LogP contribution is -2.38. The van der Waals surface area contributed by atoms with Gasteiger partial charge in [-0.1, -0.05) is 19.3 Å². The fraction of sp³-hybridized carbons (Fsp3) is 0.550. The number of amides is 1. The molecule has 1 amide bonds. The number of aliphatic hydroxyl groups is 1. The number of carboxylic acid groups (broad SMARTS) is 1. The second-order valence-corrected chi connectivity index (χ2v) is 7.10. The Morgan fingerprint density at radius 1 is 1.28 bits per heavy atom. The molecule has 0 saturated carbocycles. The topological polar surface area (TPSA) is 121 Å². The molecule has 1 aromatic carbocycles. The second-order valence-electron chi connectivity index (χ2n) is 7.10. The van der Waals surface area contributed by atoms with E-state index in [0.717, 1.165) is 37.7 Å². The molecule has 1 fully saturated rings. The Balaban J connectivity index is 1.69. The molecule has 2 aliphatic rings. The quantitative estimate of drug-likeness (QED) is 0.480. The molecule has 0 aliphatic carbocycles. The van der Waals surface area contributed by atoms with Crippen molar-refractivity contribution in [2.75, 3.05) is 20.3 Å². The lowest BCUT2D eigenvalue weighted by molar-refractivity contribution is -0.140. The van der Waals surface area contributed by atoms with Crippen LogP contribution in [-0.4, -0.2) is 59.3 Å². The number of unbranched alkanes of at least 4 members (excludes halogenated alkanes) is 4. The minimum absolute atomic E-state index is 0.235. The van der Waals surface area contributed by atoms with E-state index in [1.165, 1.54) is 0 Å². The third kappa shape index (κ3) is 4.79. The molecule has 1 atom stereocenters. The number of aliphatic imine (C=N–C) groups is 1. The summed E-state index contributed by atoms with van der Waals surface area (Å²) in [4.78, 5) is 29.4. The van der Waals surface area contributed by atoms with Crippen LogP contribution in [0.1, 0.15) is 44.1 Å². The first-order valence-electron chi connectivity index (χ1n) is 9.86. The molecule has 0 radical (unpaired) electrons. The molecule has 0 aromatic heterocycles. The maximum absolute atomic E-state index is 12.2. The third-order valence-corrected chi connectivity index (χ3v) is 5.07. The Labute approximate surface area is 169 Å². The molecule has 2 heterocycles. The van der Waals surface area contributed by atoms with E-state index in [4.69, 9.17) is 19.7 Å². The summed E-state index contributed by atoms with van der Waals surface area (Å²) in [6, 6.07) is 2.82. The standard InChI is InChI=1S/C20H27N3O6/c1-28-18-13-12-23-15(11-17(25)26)19(27)22-20(23)21-14(13)7-8-16(18)29-10-6-4-2-3-5-9-24/h7-8,15,24H,2-6,9-12H2,1H3,(H,25,26)(H,21,22,27). The van der Waals surface area contributed by atoms with Gasteiger partial charge in [-0.15, -0.1) is 0 Å². The van der Waals surface area contributed by atoms with Crippen molar-refractivity contribution in [3.05, 3.63) is 17.7 Å². The van der Waals surface area contributed by atoms with Crippen molar-refractivity contribution in [1.29, 1.82) is 0 Å². The first kappa shape index (κ1) is 20.9. The zero-order valence-electron chi connectivity index (χ0n) is 16.5. The number of hydrogen-bond donors (Lipinski definition) is 3. The number of carbonyl (C=O) groups is 2. The fourth-order valence-electron chi connectivity index (χ4n) is 3.60. The van der Waals surface area contributed by atoms with Crippen LogP contribution in [0.5, 0.6) is 11.5 Å². The number of fused-ring (bicyclic) bond motifs is 2. The van der Waals surface area contributed by atoms with E-state index in [0.29, 0.717) is 36.3 Å². The molecule has 0 spiro atoms. The SMILES string of the molecule is COc1c(OCCCCCCCO)ccc2c1CN1C(=N2)NC(=O)C1CC(=O)O. The summed E-state index contributed by atoms with van der Waals surface area (Å²) in [5.41, 5.74) is 1.43. The number of aliphatic carboxylic acids is 1. The molecule has 3 rings (SSSR count). The van der Waals surface area contributed by atoms with E-state index in [2.05, 4.69) is 10.3 Å². The Bertz CT molecular complexity index is 795. The molecule has 3 N–H and O–H groups in total. The molecule has 1 saturated heterocycles. The Morgan fingerprint density at radius 2 is 2.03 bits per heavy atom. The van der Waals surface area contributed by atoms with Crippen molar-refractivity contribution in [2.24, 2.45) is 4.99 Å². The fourth-order valence-corrected chi connectivity index (χ4v) is 3.60. The van der Waals surface area contributed by atoms with E-state index in [1.807, 2.05) is 6.07 Å². The van der Waals surface area contributed by atoms with Crippen molar-refractivity contribution in [2.45, 2.75) is 51.1 Å². The molecule has 2 aliphatic heterocycles. The minimum Gasteiger partial charge on any atom is -0.492 e. The number of carbonyl (C=O) groups excluding carboxylic acids is 1. The number of rotatable bonds is 11. The van der Waals surface area contributed by atoms with Crippen LogP contribution in [-0.2, 0) is 16.1 Å². The highest BCUT2D eigenvalue weighted by Gasteiger charge is 2.41. The number of benzene rings is 1. The number of methoxy groups -OCH3 is 1. The van der Waals surface area contributed by atoms with Crippen LogP contribution in [0.4, 0.5) is 5.69 Å². The van der Waals surface area contributed by atoms with E-state index in [-0.39, 0.29) is 18.9 Å². The first-order valence-corrected chi connectivity index (χ1v) is 9.86. The summed E-state index contributed by atoms with van der Waals surface area (Å²) >= 11 is 0. The highest BCUT2D eigenvalue weighted by molar-refractivity contribution is 6.08. The Morgan fingerprint density at radius 3 is 2.76 bits per heavy atom. The second kappa shape index (κ2) is 9.60. The van der Waals surface area contributed by atoms with Crippen LogP contribution in [0.25, 0.3) is 0 Å². The van der Waals surface area contributed by atoms with Gasteiger partial charge >= 0.3 is 5.97 Å². The number of ether oxygens (including phenoxy) is 2. The zero-order chi connectivity index (χ0) is 20.8. The highest BCUT2D eigenvalue weighted by Crippen LogP contribution is 2.41. The molecular formula is C20H27N3O6. The van der Waals surface area contributed by atoms with Crippen molar-refractivity contribution in [3.63, 3.8) is 0 Å². The summed E-state index contributed by atoms with van der Waals surface area (Å²) in [7, 11) is 1.55. The lowest BCUT2D eigenvalue weighted by atomic mass is 10.1. The third-order valence-electron chi connectivity index (χ3n) is 5.07. The molecule has 1 aromatic rings. The number of hydrogen-bond acceptors (Lipinski definition) is 7. The first-order chi connectivity index (χ1) is 14.0. The van der Waals surface area contributed by atoms with E-state index < -0.39 is 12.0 Å². The smallest absolute Gasteiger partial charge is 0.305 e. The molecule has 0 bridgehead atoms. The van der Waals surface area contributed by atoms with Crippen LogP contribution in [0.3, 0.4) is 0 Å². The summed E-state index contributed by atoms with van der Waals surface area (Å²) in [6.07, 6.45) is 4.54. The predicted molar refractivity (Wildman–Crippen MR) is 105 cm³/mol. The molecule has 29 heavy (non-hydrogen) atoms. The van der Waals surface area contributed by atoms with Gasteiger partial charge in [-0.2, -0.15) is 0 Å². The monoisotopic (exact) mass is 405 g/mol. The van der Waals surface area contributed by atoms with Gasteiger partial charge in [-0.05, 0) is 25.0 Å². The predicted octanol–water partition coefficient (Wildman–Crippen LogP) is 1.79. The van der Waals surface area contributed by atoms with Crippen molar-refractivity contribution >= 4 is 23.5 Å². The molecule has 158 valence electrons. The van der Waals surface area contributed by atoms with Gasteiger partial charge in [-0.25, -0.2) is 4.99 Å². The van der Waals surface area contributed by atoms with Gasteiger partial charge in [0.15, 0.2) is 11.5 Å². The number of guanidine groups is 1. The van der Waals surface area contributed by atoms with Crippen LogP contribution < -0.4 is 14.8 Å². The largest absolute Gasteiger partial charge is 0.492 e. The van der Waals surface area contributed by atoms with Crippen LogP contribution in [0.2, 0.25) is 0 Å². The van der Waals surface area contributed by atoms with Gasteiger partial charge in [-0.3, -0.25) is 14.9 Å². The van der Waals surface area contributed by atoms with E-state index in [9.17, 15) is 9.59 Å². The number of aliphatic hydroxyl groups excluding tert-OH is 1. The number of carboxylic acids is 1. The maximum atomic E-state index is 12.2. The number of nitrogens with zero attached hydrogens (tertiary/aromatic N) is 2. The van der Waals surface area contributed by atoms with E-state index in [1.54, 1.807) is 18.1 Å². The van der Waals surface area contributed by atoms with Crippen LogP contribution >= 0.6 is 0 Å². The van der Waals surface area contributed by atoms with Gasteiger partial charge in [0.2, 0.25) is 11.9 Å². The Kier molecular flexibility index (Phi) is 6.92. The molecule has 9 nitrogen and oxygen atoms in total. The molecule has 1 unspecified atom stereocenters. The Hall–Kier alpha value is -2.81. The van der Waals surface area contributed by atoms with Gasteiger partial charge in [0.25, 0.3) is 0 Å². The average molecular weight is 405 g/mol. The van der Waals surface area contributed by atoms with Crippen molar-refractivity contribution in [3.8, 4) is 11.5 Å². The van der Waals surface area contributed by atoms with Crippen molar-refractivity contribution < 1.29 is 29.3 Å². The zero-order valence-corrected chi connectivity index (χ0v) is 16.5. The van der Waals surface area contributed by atoms with Gasteiger partial charge in [0.1, 0.15) is 6.04 Å². The lowest BCUT2D eigenvalue weighted by Gasteiger charge is -2.28. The van der Waals surface area contributed by atoms with Gasteiger partial charge < -0.3 is 24.6 Å². The summed E-state index contributed by atoms with van der Waals surface area (Å²) in [5, 5.41) is 20.6. The van der Waals surface area contributed by atoms with Gasteiger partial charge in [0.05, 0.1) is 32.4 Å². The summed E-state index contributed by atoms with van der Waals surface area (Å²) < 4.78 is 11.5.